The summed E-state index contributed by atoms with van der Waals surface area (Å²) in [5.74, 6) is 0.327. The van der Waals surface area contributed by atoms with Crippen LogP contribution in [0.4, 0.5) is 4.79 Å². The van der Waals surface area contributed by atoms with Gasteiger partial charge in [0.15, 0.2) is 6.29 Å². The van der Waals surface area contributed by atoms with Crippen molar-refractivity contribution in [3.63, 3.8) is 0 Å². The van der Waals surface area contributed by atoms with Crippen molar-refractivity contribution in [3.8, 4) is 5.75 Å². The third-order valence-corrected chi connectivity index (χ3v) is 9.87. The third-order valence-electron chi connectivity index (χ3n) is 7.58. The fraction of sp³-hybridized carbons (Fsp3) is 0.552. The van der Waals surface area contributed by atoms with Gasteiger partial charge in [-0.15, -0.1) is 0 Å². The average Bonchev–Trinajstić information content (AvgIpc) is 3.61. The zero-order chi connectivity index (χ0) is 32.8. The first-order valence-corrected chi connectivity index (χ1v) is 17.7. The maximum Gasteiger partial charge on any atom is 0.407 e. The van der Waals surface area contributed by atoms with E-state index in [0.717, 1.165) is 9.87 Å². The highest BCUT2D eigenvalue weighted by Crippen LogP contribution is 2.36. The summed E-state index contributed by atoms with van der Waals surface area (Å²) in [7, 11) is -7.42. The van der Waals surface area contributed by atoms with Crippen LogP contribution in [-0.2, 0) is 40.0 Å². The molecule has 45 heavy (non-hydrogen) atoms. The number of hydrogen-bond donors (Lipinski definition) is 4. The Balaban J connectivity index is 1.57. The van der Waals surface area contributed by atoms with E-state index in [1.54, 1.807) is 12.1 Å². The largest absolute Gasteiger partial charge is 0.497 e. The summed E-state index contributed by atoms with van der Waals surface area (Å²) in [4.78, 5) is 31.6. The topological polar surface area (TPSA) is 190 Å². The number of nitrogens with zero attached hydrogens (tertiary/aromatic N) is 1. The van der Waals surface area contributed by atoms with Crippen molar-refractivity contribution in [2.24, 2.45) is 5.92 Å². The number of benzene rings is 2. The molecule has 4 rings (SSSR count). The quantitative estimate of drug-likeness (QED) is 0.202. The molecule has 0 bridgehead atoms. The summed E-state index contributed by atoms with van der Waals surface area (Å²) in [5.41, 5.74) is -0.616. The number of methoxy groups -OCH3 is 1. The number of aliphatic hydroxyl groups is 1. The Kier molecular flexibility index (Phi) is 11.7. The van der Waals surface area contributed by atoms with Crippen molar-refractivity contribution >= 4 is 23.7 Å². The number of carbonyl (C=O) groups is 1. The molecule has 2 aliphatic rings. The van der Waals surface area contributed by atoms with E-state index in [4.69, 9.17) is 23.7 Å². The Morgan fingerprint density at radius 3 is 2.47 bits per heavy atom. The monoisotopic (exact) mass is 672 g/mol. The van der Waals surface area contributed by atoms with Crippen LogP contribution in [0.3, 0.4) is 0 Å². The molecule has 0 spiro atoms. The molecule has 0 aliphatic carbocycles. The molecule has 2 fully saturated rings. The van der Waals surface area contributed by atoms with Crippen LogP contribution in [0.1, 0.15) is 25.8 Å². The molecule has 4 N–H and O–H groups in total. The van der Waals surface area contributed by atoms with E-state index in [-0.39, 0.29) is 30.4 Å². The summed E-state index contributed by atoms with van der Waals surface area (Å²) in [6.07, 6.45) is -3.33. The van der Waals surface area contributed by atoms with E-state index >= 15 is 0 Å². The lowest BCUT2D eigenvalue weighted by atomic mass is 10.0. The number of nitrogens with one attached hydrogen (secondary N) is 1. The Morgan fingerprint density at radius 1 is 1.13 bits per heavy atom. The van der Waals surface area contributed by atoms with Crippen molar-refractivity contribution in [2.45, 2.75) is 61.7 Å². The Morgan fingerprint density at radius 2 is 1.82 bits per heavy atom. The number of hydrogen-bond acceptors (Lipinski definition) is 10. The molecule has 2 aromatic rings. The molecule has 2 aromatic carbocycles. The van der Waals surface area contributed by atoms with E-state index in [2.05, 4.69) is 5.32 Å². The number of sulfonamides is 1. The standard InChI is InChI=1S/C29H41N2O12PS/c1-29(2,42-19-44(34,35)36)18-31(45(37,38)22-11-9-21(39-3)10-12-22)16-25(32)24(15-20-7-5-4-6-8-20)30-28(33)43-26-17-41-27-23(26)13-14-40-27/h4-12,23-27,32H,13-19H2,1-3H3,(H,30,33)(H2,34,35,36). The van der Waals surface area contributed by atoms with E-state index in [9.17, 15) is 32.7 Å². The van der Waals surface area contributed by atoms with Gasteiger partial charge in [0.1, 0.15) is 18.2 Å². The van der Waals surface area contributed by atoms with Gasteiger partial charge in [-0.2, -0.15) is 4.31 Å². The second kappa shape index (κ2) is 14.9. The minimum Gasteiger partial charge on any atom is -0.497 e. The van der Waals surface area contributed by atoms with Crippen LogP contribution in [0.15, 0.2) is 59.5 Å². The van der Waals surface area contributed by atoms with Gasteiger partial charge in [0.2, 0.25) is 10.0 Å². The first-order chi connectivity index (χ1) is 21.2. The zero-order valence-corrected chi connectivity index (χ0v) is 27.1. The molecule has 2 heterocycles. The van der Waals surface area contributed by atoms with Crippen LogP contribution >= 0.6 is 7.60 Å². The van der Waals surface area contributed by atoms with Crippen LogP contribution in [0, 0.1) is 5.92 Å². The SMILES string of the molecule is COc1ccc(S(=O)(=O)N(CC(O)C(Cc2ccccc2)NC(=O)OC2COC3OCCC23)CC(C)(C)OCP(=O)(O)O)cc1. The van der Waals surface area contributed by atoms with Crippen LogP contribution in [0.25, 0.3) is 0 Å². The molecule has 2 saturated heterocycles. The fourth-order valence-electron chi connectivity index (χ4n) is 5.23. The Hall–Kier alpha value is -2.59. The second-order valence-corrected chi connectivity index (χ2v) is 15.2. The van der Waals surface area contributed by atoms with E-state index in [1.165, 1.54) is 45.2 Å². The molecule has 2 aliphatic heterocycles. The molecule has 5 atom stereocenters. The first kappa shape index (κ1) is 35.3. The van der Waals surface area contributed by atoms with Gasteiger partial charge in [-0.25, -0.2) is 13.2 Å². The van der Waals surface area contributed by atoms with Crippen LogP contribution in [0.5, 0.6) is 5.75 Å². The van der Waals surface area contributed by atoms with Gasteiger partial charge >= 0.3 is 13.7 Å². The lowest BCUT2D eigenvalue weighted by Crippen LogP contribution is -2.53. The zero-order valence-electron chi connectivity index (χ0n) is 25.4. The molecule has 0 saturated carbocycles. The molecule has 0 aromatic heterocycles. The van der Waals surface area contributed by atoms with Crippen molar-refractivity contribution in [1.29, 1.82) is 0 Å². The Bertz CT molecular complexity index is 1420. The van der Waals surface area contributed by atoms with E-state index < -0.39 is 66.7 Å². The third kappa shape index (κ3) is 9.95. The Labute approximate surface area is 262 Å². The maximum absolute atomic E-state index is 13.9. The summed E-state index contributed by atoms with van der Waals surface area (Å²) in [5, 5.41) is 14.3. The summed E-state index contributed by atoms with van der Waals surface area (Å²) in [6.45, 7) is 2.74. The van der Waals surface area contributed by atoms with Gasteiger partial charge in [0, 0.05) is 13.1 Å². The van der Waals surface area contributed by atoms with Crippen molar-refractivity contribution in [3.05, 3.63) is 60.2 Å². The lowest BCUT2D eigenvalue weighted by molar-refractivity contribution is -0.0907. The summed E-state index contributed by atoms with van der Waals surface area (Å²) < 4.78 is 67.5. The molecule has 14 nitrogen and oxygen atoms in total. The molecule has 5 unspecified atom stereocenters. The van der Waals surface area contributed by atoms with Gasteiger partial charge in [0.25, 0.3) is 0 Å². The molecular formula is C29H41N2O12PS. The molecule has 1 amide bonds. The number of carbonyl (C=O) groups excluding carboxylic acids is 1. The summed E-state index contributed by atoms with van der Waals surface area (Å²) in [6, 6.07) is 13.7. The van der Waals surface area contributed by atoms with Crippen molar-refractivity contribution in [1.82, 2.24) is 9.62 Å². The number of alkyl carbamates (subject to hydrolysis) is 1. The average molecular weight is 673 g/mol. The van der Waals surface area contributed by atoms with Crippen LogP contribution in [-0.4, -0.2) is 104 Å². The minimum atomic E-state index is -4.56. The van der Waals surface area contributed by atoms with E-state index in [0.29, 0.717) is 18.8 Å². The van der Waals surface area contributed by atoms with E-state index in [1.807, 2.05) is 18.2 Å². The lowest BCUT2D eigenvalue weighted by Gasteiger charge is -2.35. The molecular weight excluding hydrogens is 631 g/mol. The van der Waals surface area contributed by atoms with Crippen molar-refractivity contribution < 1.29 is 56.4 Å². The van der Waals surface area contributed by atoms with Crippen LogP contribution in [0.2, 0.25) is 0 Å². The fourth-order valence-corrected chi connectivity index (χ4v) is 7.36. The molecule has 16 heteroatoms. The highest BCUT2D eigenvalue weighted by atomic mass is 32.2. The number of amides is 1. The van der Waals surface area contributed by atoms with Gasteiger partial charge in [-0.1, -0.05) is 30.3 Å². The smallest absolute Gasteiger partial charge is 0.407 e. The highest BCUT2D eigenvalue weighted by molar-refractivity contribution is 7.89. The minimum absolute atomic E-state index is 0.103. The number of ether oxygens (including phenoxy) is 5. The van der Waals surface area contributed by atoms with Gasteiger partial charge in [0.05, 0.1) is 48.9 Å². The van der Waals surface area contributed by atoms with Gasteiger partial charge in [-0.05, 0) is 56.5 Å². The molecule has 0 radical (unpaired) electrons. The maximum atomic E-state index is 13.9. The number of aliphatic hydroxyl groups excluding tert-OH is 1. The summed E-state index contributed by atoms with van der Waals surface area (Å²) >= 11 is 0. The van der Waals surface area contributed by atoms with Gasteiger partial charge in [-0.3, -0.25) is 4.57 Å². The highest BCUT2D eigenvalue weighted by Gasteiger charge is 2.44. The molecule has 250 valence electrons. The predicted molar refractivity (Wildman–Crippen MR) is 161 cm³/mol. The number of rotatable bonds is 15. The van der Waals surface area contributed by atoms with Gasteiger partial charge < -0.3 is 43.9 Å². The van der Waals surface area contributed by atoms with Crippen LogP contribution < -0.4 is 10.1 Å². The number of fused-ring (bicyclic) bond motifs is 1. The second-order valence-electron chi connectivity index (χ2n) is 11.6. The first-order valence-electron chi connectivity index (χ1n) is 14.4. The van der Waals surface area contributed by atoms with Crippen molar-refractivity contribution in [2.75, 3.05) is 39.8 Å². The normalized spacial score (nSPS) is 21.7. The predicted octanol–water partition coefficient (Wildman–Crippen LogP) is 2.08.